The van der Waals surface area contributed by atoms with Gasteiger partial charge in [0.1, 0.15) is 10.6 Å². The van der Waals surface area contributed by atoms with Crippen LogP contribution in [0.3, 0.4) is 0 Å². The maximum atomic E-state index is 12.5. The number of rotatable bonds is 6. The molecule has 0 aliphatic heterocycles. The number of nitrogens with zero attached hydrogens (tertiary/aromatic N) is 1. The molecule has 0 spiro atoms. The average Bonchev–Trinajstić information content (AvgIpc) is 2.55. The molecule has 0 saturated heterocycles. The molecular formula is C19H24N2O2S. The van der Waals surface area contributed by atoms with Crippen LogP contribution in [0.5, 0.6) is 0 Å². The van der Waals surface area contributed by atoms with Gasteiger partial charge in [-0.05, 0) is 37.5 Å². The van der Waals surface area contributed by atoms with Gasteiger partial charge < -0.3 is 5.32 Å². The molecule has 1 aromatic carbocycles. The predicted molar refractivity (Wildman–Crippen MR) is 100 cm³/mol. The first-order valence-electron chi connectivity index (χ1n) is 8.02. The van der Waals surface area contributed by atoms with E-state index in [0.717, 1.165) is 11.1 Å². The van der Waals surface area contributed by atoms with Gasteiger partial charge in [0.2, 0.25) is 5.91 Å². The van der Waals surface area contributed by atoms with Crippen molar-refractivity contribution in [2.75, 3.05) is 11.1 Å². The minimum absolute atomic E-state index is 0.276. The summed E-state index contributed by atoms with van der Waals surface area (Å²) in [5.74, 6) is 0.970. The van der Waals surface area contributed by atoms with Gasteiger partial charge in [0.15, 0.2) is 0 Å². The Balaban J connectivity index is 2.08. The van der Waals surface area contributed by atoms with E-state index in [1.165, 1.54) is 0 Å². The third-order valence-corrected chi connectivity index (χ3v) is 6.01. The summed E-state index contributed by atoms with van der Waals surface area (Å²) in [6.45, 7) is 7.41. The van der Waals surface area contributed by atoms with Crippen LogP contribution in [0, 0.1) is 5.92 Å². The number of hydrogen-bond donors (Lipinski definition) is 1. The molecule has 5 heteroatoms. The van der Waals surface area contributed by atoms with E-state index in [9.17, 15) is 9.00 Å². The number of amides is 1. The fourth-order valence-electron chi connectivity index (χ4n) is 2.15. The van der Waals surface area contributed by atoms with Gasteiger partial charge in [-0.2, -0.15) is 0 Å². The summed E-state index contributed by atoms with van der Waals surface area (Å²) < 4.78 is 11.4. The summed E-state index contributed by atoms with van der Waals surface area (Å²) in [5, 5.41) is 2.77. The Morgan fingerprint density at radius 3 is 2.33 bits per heavy atom. The molecule has 0 aliphatic carbocycles. The Bertz CT molecular complexity index is 710. The van der Waals surface area contributed by atoms with E-state index in [1.54, 1.807) is 26.1 Å². The van der Waals surface area contributed by atoms with E-state index in [4.69, 9.17) is 0 Å². The molecule has 1 heterocycles. The molecule has 0 bridgehead atoms. The summed E-state index contributed by atoms with van der Waals surface area (Å²) in [6, 6.07) is 13.6. The molecule has 128 valence electrons. The molecule has 1 amide bonds. The smallest absolute Gasteiger partial charge is 0.243 e. The Hall–Kier alpha value is -2.01. The van der Waals surface area contributed by atoms with E-state index >= 15 is 0 Å². The lowest BCUT2D eigenvalue weighted by Gasteiger charge is -2.23. The van der Waals surface area contributed by atoms with Gasteiger partial charge in [0, 0.05) is 28.3 Å². The fourth-order valence-corrected chi connectivity index (χ4v) is 3.43. The van der Waals surface area contributed by atoms with Gasteiger partial charge in [-0.3, -0.25) is 9.00 Å². The van der Waals surface area contributed by atoms with Crippen LogP contribution in [0.2, 0.25) is 0 Å². The Kier molecular flexibility index (Phi) is 5.89. The second kappa shape index (κ2) is 7.71. The van der Waals surface area contributed by atoms with Crippen molar-refractivity contribution in [1.82, 2.24) is 4.98 Å². The van der Waals surface area contributed by atoms with E-state index in [-0.39, 0.29) is 11.8 Å². The van der Waals surface area contributed by atoms with Crippen molar-refractivity contribution in [3.8, 4) is 11.1 Å². The second-order valence-electron chi connectivity index (χ2n) is 6.67. The lowest BCUT2D eigenvalue weighted by Crippen LogP contribution is -2.43. The van der Waals surface area contributed by atoms with Crippen LogP contribution in [-0.2, 0) is 15.6 Å². The highest BCUT2D eigenvalue weighted by Crippen LogP contribution is 2.21. The van der Waals surface area contributed by atoms with E-state index in [1.807, 2.05) is 50.2 Å². The Morgan fingerprint density at radius 2 is 1.79 bits per heavy atom. The lowest BCUT2D eigenvalue weighted by molar-refractivity contribution is -0.117. The second-order valence-corrected chi connectivity index (χ2v) is 8.71. The number of hydrogen-bond acceptors (Lipinski definition) is 3. The number of pyridine rings is 1. The number of benzene rings is 1. The quantitative estimate of drug-likeness (QED) is 0.865. The van der Waals surface area contributed by atoms with Crippen LogP contribution in [-0.4, -0.2) is 25.6 Å². The van der Waals surface area contributed by atoms with Crippen molar-refractivity contribution in [2.45, 2.75) is 32.4 Å². The Morgan fingerprint density at radius 1 is 1.12 bits per heavy atom. The van der Waals surface area contributed by atoms with Crippen molar-refractivity contribution >= 4 is 22.5 Å². The molecule has 0 radical (unpaired) electrons. The Labute approximate surface area is 146 Å². The van der Waals surface area contributed by atoms with Gasteiger partial charge >= 0.3 is 0 Å². The summed E-state index contributed by atoms with van der Waals surface area (Å²) in [7, 11) is -1.24. The van der Waals surface area contributed by atoms with Gasteiger partial charge in [-0.15, -0.1) is 0 Å². The zero-order valence-electron chi connectivity index (χ0n) is 14.6. The summed E-state index contributed by atoms with van der Waals surface area (Å²) in [5.41, 5.74) is 2.05. The minimum atomic E-state index is -1.24. The van der Waals surface area contributed by atoms with Gasteiger partial charge in [0.05, 0.1) is 0 Å². The molecule has 2 rings (SSSR count). The van der Waals surface area contributed by atoms with Gasteiger partial charge in [0.25, 0.3) is 0 Å². The topological polar surface area (TPSA) is 59.1 Å². The third kappa shape index (κ3) is 4.51. The van der Waals surface area contributed by atoms with Crippen molar-refractivity contribution in [3.05, 3.63) is 48.7 Å². The van der Waals surface area contributed by atoms with Crippen molar-refractivity contribution in [3.63, 3.8) is 0 Å². The highest BCUT2D eigenvalue weighted by molar-refractivity contribution is 7.87. The maximum Gasteiger partial charge on any atom is 0.243 e. The minimum Gasteiger partial charge on any atom is -0.309 e. The highest BCUT2D eigenvalue weighted by Gasteiger charge is 2.34. The summed E-state index contributed by atoms with van der Waals surface area (Å²) >= 11 is 0. The molecule has 4 nitrogen and oxygen atoms in total. The van der Waals surface area contributed by atoms with E-state index < -0.39 is 15.5 Å². The van der Waals surface area contributed by atoms with E-state index in [0.29, 0.717) is 11.6 Å². The fraction of sp³-hybridized carbons (Fsp3) is 0.368. The summed E-state index contributed by atoms with van der Waals surface area (Å²) in [6.07, 6.45) is 1.73. The van der Waals surface area contributed by atoms with Crippen molar-refractivity contribution < 1.29 is 9.00 Å². The number of carbonyl (C=O) groups is 1. The van der Waals surface area contributed by atoms with Crippen LogP contribution in [0.4, 0.5) is 5.82 Å². The van der Waals surface area contributed by atoms with Gasteiger partial charge in [-0.1, -0.05) is 44.2 Å². The molecule has 2 aromatic rings. The third-order valence-electron chi connectivity index (χ3n) is 3.71. The maximum absolute atomic E-state index is 12.5. The summed E-state index contributed by atoms with van der Waals surface area (Å²) in [4.78, 5) is 16.8. The normalized spacial score (nSPS) is 12.9. The van der Waals surface area contributed by atoms with Gasteiger partial charge in [-0.25, -0.2) is 4.98 Å². The van der Waals surface area contributed by atoms with E-state index in [2.05, 4.69) is 10.3 Å². The first-order chi connectivity index (χ1) is 11.3. The van der Waals surface area contributed by atoms with Crippen LogP contribution in [0.1, 0.15) is 27.7 Å². The largest absolute Gasteiger partial charge is 0.309 e. The van der Waals surface area contributed by atoms with Crippen LogP contribution in [0.15, 0.2) is 48.7 Å². The number of nitrogens with one attached hydrogen (secondary N) is 1. The molecule has 1 N–H and O–H groups in total. The molecule has 1 unspecified atom stereocenters. The molecule has 0 fully saturated rings. The standard InChI is InChI=1S/C19H24N2O2S/c1-14(2)13-24(23)19(3,4)18(22)21-17-11-10-16(12-20-17)15-8-6-5-7-9-15/h5-12,14H,13H2,1-4H3,(H,20,21,22). The van der Waals surface area contributed by atoms with Crippen molar-refractivity contribution in [1.29, 1.82) is 0 Å². The highest BCUT2D eigenvalue weighted by atomic mass is 32.2. The molecule has 0 saturated carbocycles. The molecular weight excluding hydrogens is 320 g/mol. The monoisotopic (exact) mass is 344 g/mol. The number of carbonyl (C=O) groups excluding carboxylic acids is 1. The zero-order valence-corrected chi connectivity index (χ0v) is 15.4. The van der Waals surface area contributed by atoms with Crippen LogP contribution < -0.4 is 5.32 Å². The van der Waals surface area contributed by atoms with Crippen LogP contribution >= 0.6 is 0 Å². The first kappa shape index (κ1) is 18.3. The molecule has 24 heavy (non-hydrogen) atoms. The first-order valence-corrected chi connectivity index (χ1v) is 9.34. The average molecular weight is 344 g/mol. The van der Waals surface area contributed by atoms with Crippen LogP contribution in [0.25, 0.3) is 11.1 Å². The molecule has 1 atom stereocenters. The molecule has 1 aromatic heterocycles. The SMILES string of the molecule is CC(C)CS(=O)C(C)(C)C(=O)Nc1ccc(-c2ccccc2)cn1. The predicted octanol–water partition coefficient (Wildman–Crippen LogP) is 3.87. The number of anilines is 1. The zero-order chi connectivity index (χ0) is 17.7. The number of aromatic nitrogens is 1. The lowest BCUT2D eigenvalue weighted by atomic mass is 10.1. The molecule has 0 aliphatic rings. The van der Waals surface area contributed by atoms with Crippen molar-refractivity contribution in [2.24, 2.45) is 5.92 Å².